The van der Waals surface area contributed by atoms with E-state index >= 15 is 0 Å². The number of hydrogen-bond donors (Lipinski definition) is 0. The molecule has 0 unspecified atom stereocenters. The van der Waals surface area contributed by atoms with Gasteiger partial charge in [-0.05, 0) is 6.42 Å². The van der Waals surface area contributed by atoms with E-state index in [1.54, 1.807) is 7.11 Å². The fraction of sp³-hybridized carbons (Fsp3) is 0.900. The van der Waals surface area contributed by atoms with Crippen LogP contribution in [0.3, 0.4) is 0 Å². The van der Waals surface area contributed by atoms with Crippen molar-refractivity contribution in [3.8, 4) is 0 Å². The molecule has 0 spiro atoms. The van der Waals surface area contributed by atoms with Gasteiger partial charge in [0.2, 0.25) is 0 Å². The Labute approximate surface area is 74.3 Å². The third-order valence-corrected chi connectivity index (χ3v) is 2.71. The van der Waals surface area contributed by atoms with Gasteiger partial charge >= 0.3 is 0 Å². The van der Waals surface area contributed by atoms with E-state index in [-0.39, 0.29) is 5.60 Å². The summed E-state index contributed by atoms with van der Waals surface area (Å²) in [7, 11) is 1.72. The van der Waals surface area contributed by atoms with Gasteiger partial charge in [-0.3, -0.25) is 4.79 Å². The second-order valence-electron chi connectivity index (χ2n) is 3.74. The first kappa shape index (κ1) is 9.72. The molecule has 1 saturated carbocycles. The minimum absolute atomic E-state index is 0.0632. The third-order valence-electron chi connectivity index (χ3n) is 2.71. The van der Waals surface area contributed by atoms with Crippen LogP contribution in [0.4, 0.5) is 0 Å². The minimum atomic E-state index is -0.0632. The highest BCUT2D eigenvalue weighted by Gasteiger charge is 2.42. The zero-order valence-electron chi connectivity index (χ0n) is 8.06. The molecule has 0 aromatic rings. The summed E-state index contributed by atoms with van der Waals surface area (Å²) in [4.78, 5) is 10.8. The van der Waals surface area contributed by atoms with Gasteiger partial charge in [-0.1, -0.05) is 26.2 Å². The summed E-state index contributed by atoms with van der Waals surface area (Å²) >= 11 is 0. The lowest BCUT2D eigenvalue weighted by molar-refractivity contribution is -0.148. The second-order valence-corrected chi connectivity index (χ2v) is 3.74. The Morgan fingerprint density at radius 3 is 2.50 bits per heavy atom. The Balaban J connectivity index is 2.22. The van der Waals surface area contributed by atoms with Crippen LogP contribution in [0.5, 0.6) is 0 Å². The van der Waals surface area contributed by atoms with Gasteiger partial charge < -0.3 is 4.74 Å². The Hall–Kier alpha value is -0.370. The highest BCUT2D eigenvalue weighted by molar-refractivity contribution is 5.87. The third kappa shape index (κ3) is 2.07. The Kier molecular flexibility index (Phi) is 3.27. The van der Waals surface area contributed by atoms with Crippen molar-refractivity contribution in [2.75, 3.05) is 7.11 Å². The molecule has 1 fully saturated rings. The smallest absolute Gasteiger partial charge is 0.138 e. The summed E-state index contributed by atoms with van der Waals surface area (Å²) < 4.78 is 5.37. The maximum Gasteiger partial charge on any atom is 0.138 e. The Morgan fingerprint density at radius 1 is 1.42 bits per heavy atom. The molecular formula is C10H18O2. The fourth-order valence-corrected chi connectivity index (χ4v) is 1.79. The summed E-state index contributed by atoms with van der Waals surface area (Å²) in [6, 6.07) is 0. The van der Waals surface area contributed by atoms with Gasteiger partial charge in [-0.15, -0.1) is 0 Å². The predicted octanol–water partition coefficient (Wildman–Crippen LogP) is 2.31. The summed E-state index contributed by atoms with van der Waals surface area (Å²) in [6.45, 7) is 2.19. The summed E-state index contributed by atoms with van der Waals surface area (Å²) in [6.07, 6.45) is 6.02. The Bertz CT molecular complexity index is 155. The van der Waals surface area contributed by atoms with Crippen LogP contribution in [0, 0.1) is 0 Å². The van der Waals surface area contributed by atoms with Crippen molar-refractivity contribution in [2.24, 2.45) is 0 Å². The zero-order valence-corrected chi connectivity index (χ0v) is 8.06. The first-order chi connectivity index (χ1) is 5.72. The monoisotopic (exact) mass is 170 g/mol. The van der Waals surface area contributed by atoms with Crippen LogP contribution in [0.1, 0.15) is 45.4 Å². The van der Waals surface area contributed by atoms with Crippen molar-refractivity contribution in [2.45, 2.75) is 51.0 Å². The van der Waals surface area contributed by atoms with Crippen molar-refractivity contribution in [3.05, 3.63) is 0 Å². The van der Waals surface area contributed by atoms with Crippen LogP contribution in [-0.2, 0) is 9.53 Å². The number of unbranched alkanes of at least 4 members (excludes halogenated alkanes) is 2. The number of hydrogen-bond acceptors (Lipinski definition) is 2. The van der Waals surface area contributed by atoms with Gasteiger partial charge in [-0.25, -0.2) is 0 Å². The molecule has 0 aromatic carbocycles. The van der Waals surface area contributed by atoms with Crippen molar-refractivity contribution in [1.29, 1.82) is 0 Å². The van der Waals surface area contributed by atoms with Gasteiger partial charge in [0, 0.05) is 20.0 Å². The molecule has 70 valence electrons. The van der Waals surface area contributed by atoms with Crippen molar-refractivity contribution >= 4 is 5.78 Å². The summed E-state index contributed by atoms with van der Waals surface area (Å²) in [5, 5.41) is 0. The first-order valence-electron chi connectivity index (χ1n) is 4.79. The normalized spacial score (nSPS) is 20.7. The molecule has 0 radical (unpaired) electrons. The average molecular weight is 170 g/mol. The molecule has 0 saturated heterocycles. The first-order valence-corrected chi connectivity index (χ1v) is 4.79. The molecule has 0 atom stereocenters. The lowest BCUT2D eigenvalue weighted by Gasteiger charge is -2.39. The maximum atomic E-state index is 10.8. The highest BCUT2D eigenvalue weighted by Crippen LogP contribution is 2.36. The number of carbonyl (C=O) groups is 1. The van der Waals surface area contributed by atoms with E-state index < -0.39 is 0 Å². The van der Waals surface area contributed by atoms with Gasteiger partial charge in [-0.2, -0.15) is 0 Å². The molecule has 1 aliphatic rings. The second kappa shape index (κ2) is 4.04. The largest absolute Gasteiger partial charge is 0.377 e. The van der Waals surface area contributed by atoms with Gasteiger partial charge in [0.05, 0.1) is 5.60 Å². The predicted molar refractivity (Wildman–Crippen MR) is 48.1 cm³/mol. The van der Waals surface area contributed by atoms with E-state index in [9.17, 15) is 4.79 Å². The van der Waals surface area contributed by atoms with Gasteiger partial charge in [0.1, 0.15) is 5.78 Å². The van der Waals surface area contributed by atoms with E-state index in [0.717, 1.165) is 6.42 Å². The fourth-order valence-electron chi connectivity index (χ4n) is 1.79. The topological polar surface area (TPSA) is 26.3 Å². The number of ketones is 1. The maximum absolute atomic E-state index is 10.8. The lowest BCUT2D eigenvalue weighted by Crippen LogP contribution is -2.45. The molecule has 0 amide bonds. The SMILES string of the molecule is CCCCCC1(OC)CC(=O)C1. The summed E-state index contributed by atoms with van der Waals surface area (Å²) in [5.41, 5.74) is -0.0632. The standard InChI is InChI=1S/C10H18O2/c1-3-4-5-6-10(12-2)7-9(11)8-10/h3-8H2,1-2H3. The van der Waals surface area contributed by atoms with Gasteiger partial charge in [0.15, 0.2) is 0 Å². The molecule has 0 heterocycles. The number of ether oxygens (including phenoxy) is 1. The van der Waals surface area contributed by atoms with E-state index in [0.29, 0.717) is 18.6 Å². The lowest BCUT2D eigenvalue weighted by atomic mass is 9.75. The van der Waals surface area contributed by atoms with Crippen LogP contribution in [0.2, 0.25) is 0 Å². The molecule has 12 heavy (non-hydrogen) atoms. The number of Topliss-reactive ketones (excluding diaryl/α,β-unsaturated/α-hetero) is 1. The molecule has 1 aliphatic carbocycles. The number of carbonyl (C=O) groups excluding carboxylic acids is 1. The van der Waals surface area contributed by atoms with E-state index in [2.05, 4.69) is 6.92 Å². The molecule has 1 rings (SSSR count). The number of methoxy groups -OCH3 is 1. The quantitative estimate of drug-likeness (QED) is 0.592. The molecule has 0 aliphatic heterocycles. The number of rotatable bonds is 5. The van der Waals surface area contributed by atoms with Gasteiger partial charge in [0.25, 0.3) is 0 Å². The van der Waals surface area contributed by atoms with Crippen LogP contribution in [0.25, 0.3) is 0 Å². The van der Waals surface area contributed by atoms with E-state index in [1.807, 2.05) is 0 Å². The zero-order chi connectivity index (χ0) is 9.03. The van der Waals surface area contributed by atoms with Crippen LogP contribution in [0.15, 0.2) is 0 Å². The van der Waals surface area contributed by atoms with Crippen molar-refractivity contribution in [3.63, 3.8) is 0 Å². The van der Waals surface area contributed by atoms with Crippen LogP contribution < -0.4 is 0 Å². The van der Waals surface area contributed by atoms with Crippen molar-refractivity contribution < 1.29 is 9.53 Å². The van der Waals surface area contributed by atoms with E-state index in [4.69, 9.17) is 4.74 Å². The Morgan fingerprint density at radius 2 is 2.08 bits per heavy atom. The van der Waals surface area contributed by atoms with Crippen molar-refractivity contribution in [1.82, 2.24) is 0 Å². The van der Waals surface area contributed by atoms with E-state index in [1.165, 1.54) is 19.3 Å². The molecule has 0 aromatic heterocycles. The summed E-state index contributed by atoms with van der Waals surface area (Å²) in [5.74, 6) is 0.355. The molecule has 0 N–H and O–H groups in total. The average Bonchev–Trinajstić information content (AvgIpc) is 2.01. The highest BCUT2D eigenvalue weighted by atomic mass is 16.5. The molecule has 2 heteroatoms. The molecule has 2 nitrogen and oxygen atoms in total. The van der Waals surface area contributed by atoms with Crippen LogP contribution in [-0.4, -0.2) is 18.5 Å². The van der Waals surface area contributed by atoms with Crippen LogP contribution >= 0.6 is 0 Å². The molecular weight excluding hydrogens is 152 g/mol. The minimum Gasteiger partial charge on any atom is -0.377 e. The molecule has 0 bridgehead atoms.